The van der Waals surface area contributed by atoms with Crippen LogP contribution in [0.3, 0.4) is 0 Å². The Bertz CT molecular complexity index is 1380. The predicted molar refractivity (Wildman–Crippen MR) is 174 cm³/mol. The van der Waals surface area contributed by atoms with Crippen LogP contribution in [-0.2, 0) is 16.1 Å². The lowest BCUT2D eigenvalue weighted by Gasteiger charge is -2.71. The molecule has 4 saturated carbocycles. The number of hydrogen-bond acceptors (Lipinski definition) is 5. The summed E-state index contributed by atoms with van der Waals surface area (Å²) in [6, 6.07) is 9.94. The normalized spacial score (nSPS) is 41.9. The van der Waals surface area contributed by atoms with Crippen LogP contribution in [0.1, 0.15) is 103 Å². The molecular weight excluding hydrogens is 562 g/mol. The molecular formula is C39H53NO5. The first kappa shape index (κ1) is 31.2. The summed E-state index contributed by atoms with van der Waals surface area (Å²) in [6.07, 6.45) is 17.4. The Labute approximate surface area is 269 Å². The third-order valence-electron chi connectivity index (χ3n) is 14.1. The Kier molecular flexibility index (Phi) is 7.67. The Hall–Kier alpha value is -2.44. The molecule has 2 spiro atoms. The molecule has 0 aromatic heterocycles. The van der Waals surface area contributed by atoms with Crippen LogP contribution in [0.15, 0.2) is 54.1 Å². The summed E-state index contributed by atoms with van der Waals surface area (Å²) >= 11 is 0. The SMILES string of the molecule is CCOC(=O)N(Cc1ccccc1)C[C@]1(O)CC[C@H]2[C@]34C=C[C@@]5(C=C3C(=O)C3CCCCC3)CC(O)CC[C@]5(C)[C@H]4CC[C@@]21C. The maximum absolute atomic E-state index is 14.7. The maximum Gasteiger partial charge on any atom is 0.410 e. The number of aliphatic hydroxyl groups is 2. The van der Waals surface area contributed by atoms with Crippen molar-refractivity contribution < 1.29 is 24.5 Å². The second kappa shape index (κ2) is 11.1. The number of amides is 1. The number of aliphatic hydroxyl groups excluding tert-OH is 1. The van der Waals surface area contributed by atoms with Crippen molar-refractivity contribution in [3.8, 4) is 0 Å². The quantitative estimate of drug-likeness (QED) is 0.313. The van der Waals surface area contributed by atoms with Crippen molar-refractivity contribution in [1.82, 2.24) is 4.90 Å². The van der Waals surface area contributed by atoms with Crippen LogP contribution in [0, 0.1) is 39.4 Å². The molecule has 6 heteroatoms. The van der Waals surface area contributed by atoms with E-state index in [1.54, 1.807) is 4.90 Å². The molecule has 4 fully saturated rings. The van der Waals surface area contributed by atoms with Gasteiger partial charge in [0, 0.05) is 34.3 Å². The molecule has 1 aromatic rings. The van der Waals surface area contributed by atoms with Gasteiger partial charge in [-0.2, -0.15) is 0 Å². The zero-order chi connectivity index (χ0) is 31.7. The van der Waals surface area contributed by atoms with Gasteiger partial charge in [0.15, 0.2) is 5.78 Å². The van der Waals surface area contributed by atoms with Crippen LogP contribution in [0.2, 0.25) is 0 Å². The molecule has 0 heterocycles. The number of hydrogen-bond donors (Lipinski definition) is 2. The molecule has 2 bridgehead atoms. The second-order valence-corrected chi connectivity index (χ2v) is 16.1. The van der Waals surface area contributed by atoms with E-state index in [0.29, 0.717) is 31.1 Å². The van der Waals surface area contributed by atoms with Gasteiger partial charge in [-0.3, -0.25) is 4.79 Å². The van der Waals surface area contributed by atoms with Crippen LogP contribution in [0.4, 0.5) is 4.79 Å². The van der Waals surface area contributed by atoms with Gasteiger partial charge < -0.3 is 19.8 Å². The number of Topliss-reactive ketones (excluding diaryl/α,β-unsaturated/α-hetero) is 1. The molecule has 1 amide bonds. The number of ketones is 1. The van der Waals surface area contributed by atoms with Gasteiger partial charge in [-0.15, -0.1) is 0 Å². The minimum atomic E-state index is -1.11. The number of ether oxygens (including phenoxy) is 1. The van der Waals surface area contributed by atoms with E-state index in [1.165, 1.54) is 6.42 Å². The minimum absolute atomic E-state index is 0.0381. The molecule has 2 N–H and O–H groups in total. The fourth-order valence-corrected chi connectivity index (χ4v) is 11.7. The third kappa shape index (κ3) is 4.47. The van der Waals surface area contributed by atoms with Crippen LogP contribution in [0.25, 0.3) is 0 Å². The molecule has 8 rings (SSSR count). The molecule has 0 aliphatic heterocycles. The molecule has 6 nitrogen and oxygen atoms in total. The number of carbonyl (C=O) groups is 2. The summed E-state index contributed by atoms with van der Waals surface area (Å²) in [5.41, 5.74) is -0.353. The fraction of sp³-hybridized carbons (Fsp3) is 0.692. The van der Waals surface area contributed by atoms with Crippen molar-refractivity contribution in [3.63, 3.8) is 0 Å². The van der Waals surface area contributed by atoms with Gasteiger partial charge >= 0.3 is 6.09 Å². The highest BCUT2D eigenvalue weighted by Crippen LogP contribution is 2.78. The Morgan fingerprint density at radius 3 is 2.33 bits per heavy atom. The van der Waals surface area contributed by atoms with E-state index in [-0.39, 0.29) is 41.9 Å². The van der Waals surface area contributed by atoms with E-state index in [9.17, 15) is 19.8 Å². The molecule has 7 aliphatic carbocycles. The lowest BCUT2D eigenvalue weighted by Crippen LogP contribution is -2.67. The monoisotopic (exact) mass is 615 g/mol. The average Bonchev–Trinajstić information content (AvgIpc) is 3.31. The van der Waals surface area contributed by atoms with Gasteiger partial charge in [-0.25, -0.2) is 4.79 Å². The Balaban J connectivity index is 1.29. The van der Waals surface area contributed by atoms with Crippen molar-refractivity contribution in [2.75, 3.05) is 13.2 Å². The molecule has 0 radical (unpaired) electrons. The van der Waals surface area contributed by atoms with Crippen molar-refractivity contribution in [2.24, 2.45) is 39.4 Å². The van der Waals surface area contributed by atoms with Crippen LogP contribution < -0.4 is 0 Å². The summed E-state index contributed by atoms with van der Waals surface area (Å²) in [4.78, 5) is 29.8. The topological polar surface area (TPSA) is 87.1 Å². The molecule has 244 valence electrons. The first-order valence-electron chi connectivity index (χ1n) is 17.9. The molecule has 1 unspecified atom stereocenters. The number of allylic oxidation sites excluding steroid dienone is 4. The van der Waals surface area contributed by atoms with E-state index >= 15 is 0 Å². The molecule has 8 atom stereocenters. The van der Waals surface area contributed by atoms with Gasteiger partial charge in [-0.05, 0) is 87.5 Å². The highest BCUT2D eigenvalue weighted by Gasteiger charge is 2.74. The van der Waals surface area contributed by atoms with Crippen molar-refractivity contribution in [1.29, 1.82) is 0 Å². The van der Waals surface area contributed by atoms with Crippen LogP contribution in [-0.4, -0.2) is 51.8 Å². The standard InChI is InChI=1S/C39H53NO5/c1-4-45-34(43)40(25-27-11-7-5-8-12-27)26-38(44)20-17-32-36(38,3)19-16-31-35(2)18-15-29(41)23-37(35)21-22-39(31,32)30(24-37)33(42)28-13-9-6-10-14-28/h5,7-8,11-12,21-22,24,28-29,31-32,41,44H,4,6,9-10,13-20,23,25-26H2,1-3H3/t29?,31-,32-,35-,36+,37+,38-,39-/m1/s1. The summed E-state index contributed by atoms with van der Waals surface area (Å²) in [5, 5.41) is 23.8. The highest BCUT2D eigenvalue weighted by atomic mass is 16.6. The van der Waals surface area contributed by atoms with Crippen molar-refractivity contribution in [3.05, 3.63) is 59.7 Å². The Morgan fingerprint density at radius 2 is 1.60 bits per heavy atom. The summed E-state index contributed by atoms with van der Waals surface area (Å²) in [7, 11) is 0. The fourth-order valence-electron chi connectivity index (χ4n) is 11.7. The van der Waals surface area contributed by atoms with E-state index in [4.69, 9.17) is 4.74 Å². The highest BCUT2D eigenvalue weighted by molar-refractivity contribution is 6.00. The molecule has 7 aliphatic rings. The zero-order valence-corrected chi connectivity index (χ0v) is 27.6. The third-order valence-corrected chi connectivity index (χ3v) is 14.1. The van der Waals surface area contributed by atoms with Crippen LogP contribution >= 0.6 is 0 Å². The van der Waals surface area contributed by atoms with E-state index in [0.717, 1.165) is 68.9 Å². The van der Waals surface area contributed by atoms with Crippen molar-refractivity contribution in [2.45, 2.75) is 116 Å². The second-order valence-electron chi connectivity index (χ2n) is 16.1. The first-order chi connectivity index (χ1) is 21.5. The van der Waals surface area contributed by atoms with Crippen molar-refractivity contribution >= 4 is 11.9 Å². The van der Waals surface area contributed by atoms with E-state index in [1.807, 2.05) is 37.3 Å². The van der Waals surface area contributed by atoms with Crippen LogP contribution in [0.5, 0.6) is 0 Å². The summed E-state index contributed by atoms with van der Waals surface area (Å²) < 4.78 is 5.52. The summed E-state index contributed by atoms with van der Waals surface area (Å²) in [5.74, 6) is 0.789. The predicted octanol–water partition coefficient (Wildman–Crippen LogP) is 7.39. The number of carbonyl (C=O) groups excluding carboxylic acids is 2. The molecule has 0 saturated heterocycles. The maximum atomic E-state index is 14.7. The van der Waals surface area contributed by atoms with E-state index < -0.39 is 22.5 Å². The Morgan fingerprint density at radius 1 is 0.911 bits per heavy atom. The zero-order valence-electron chi connectivity index (χ0n) is 27.6. The lowest BCUT2D eigenvalue weighted by atomic mass is 9.32. The van der Waals surface area contributed by atoms with Gasteiger partial charge in [0.2, 0.25) is 0 Å². The number of fused-ring (bicyclic) bond motifs is 1. The largest absolute Gasteiger partial charge is 0.450 e. The molecule has 1 aromatic carbocycles. The number of rotatable bonds is 7. The van der Waals surface area contributed by atoms with Gasteiger partial charge in [-0.1, -0.05) is 81.7 Å². The average molecular weight is 616 g/mol. The summed E-state index contributed by atoms with van der Waals surface area (Å²) in [6.45, 7) is 7.38. The smallest absolute Gasteiger partial charge is 0.410 e. The minimum Gasteiger partial charge on any atom is -0.450 e. The lowest BCUT2D eigenvalue weighted by molar-refractivity contribution is -0.179. The van der Waals surface area contributed by atoms with Gasteiger partial charge in [0.25, 0.3) is 0 Å². The van der Waals surface area contributed by atoms with Gasteiger partial charge in [0.05, 0.1) is 24.9 Å². The van der Waals surface area contributed by atoms with Gasteiger partial charge in [0.1, 0.15) is 0 Å². The number of nitrogens with zero attached hydrogens (tertiary/aromatic N) is 1. The molecule has 45 heavy (non-hydrogen) atoms. The first-order valence-corrected chi connectivity index (χ1v) is 17.9. The van der Waals surface area contributed by atoms with E-state index in [2.05, 4.69) is 32.1 Å². The number of benzene rings is 1.